The number of benzene rings is 1. The summed E-state index contributed by atoms with van der Waals surface area (Å²) in [4.78, 5) is 13.4. The molecule has 0 amide bonds. The second-order valence-corrected chi connectivity index (χ2v) is 6.64. The van der Waals surface area contributed by atoms with Gasteiger partial charge in [0.25, 0.3) is 0 Å². The number of aromatic carboxylic acids is 1. The summed E-state index contributed by atoms with van der Waals surface area (Å²) in [6, 6.07) is 5.42. The Balaban J connectivity index is 2.96. The Labute approximate surface area is 129 Å². The third-order valence-electron chi connectivity index (χ3n) is 2.91. The molecule has 4 nitrogen and oxygen atoms in total. The van der Waals surface area contributed by atoms with E-state index in [2.05, 4.69) is 40.0 Å². The molecule has 1 atom stereocenters. The first kappa shape index (κ1) is 17.0. The van der Waals surface area contributed by atoms with Gasteiger partial charge in [-0.3, -0.25) is 0 Å². The summed E-state index contributed by atoms with van der Waals surface area (Å²) in [7, 11) is 4.04. The maximum Gasteiger partial charge on any atom is 0.337 e. The summed E-state index contributed by atoms with van der Waals surface area (Å²) in [5.74, 6) is -0.360. The highest BCUT2D eigenvalue weighted by atomic mass is 79.9. The number of nitrogens with zero attached hydrogens (tertiary/aromatic N) is 1. The van der Waals surface area contributed by atoms with E-state index in [4.69, 9.17) is 0 Å². The van der Waals surface area contributed by atoms with Crippen molar-refractivity contribution in [3.63, 3.8) is 0 Å². The highest BCUT2D eigenvalue weighted by Gasteiger charge is 2.16. The van der Waals surface area contributed by atoms with Crippen molar-refractivity contribution in [1.29, 1.82) is 0 Å². The van der Waals surface area contributed by atoms with Crippen molar-refractivity contribution in [2.24, 2.45) is 5.92 Å². The number of anilines is 1. The van der Waals surface area contributed by atoms with Crippen LogP contribution in [0.4, 0.5) is 5.69 Å². The van der Waals surface area contributed by atoms with Gasteiger partial charge in [0.2, 0.25) is 0 Å². The number of hydrogen-bond donors (Lipinski definition) is 2. The molecule has 0 radical (unpaired) electrons. The zero-order chi connectivity index (χ0) is 15.3. The molecular formula is C15H23BrN2O2. The van der Waals surface area contributed by atoms with E-state index in [-0.39, 0.29) is 6.04 Å². The zero-order valence-electron chi connectivity index (χ0n) is 12.5. The van der Waals surface area contributed by atoms with E-state index in [9.17, 15) is 9.90 Å². The van der Waals surface area contributed by atoms with Crippen molar-refractivity contribution in [3.05, 3.63) is 28.2 Å². The number of carboxylic acids is 1. The normalized spacial score (nSPS) is 12.8. The van der Waals surface area contributed by atoms with E-state index >= 15 is 0 Å². The minimum Gasteiger partial charge on any atom is -0.478 e. The lowest BCUT2D eigenvalue weighted by Gasteiger charge is -2.25. The minimum absolute atomic E-state index is 0.220. The smallest absolute Gasteiger partial charge is 0.337 e. The lowest BCUT2D eigenvalue weighted by Crippen LogP contribution is -2.34. The van der Waals surface area contributed by atoms with Gasteiger partial charge in [0, 0.05) is 17.1 Å². The van der Waals surface area contributed by atoms with Gasteiger partial charge in [0.05, 0.1) is 11.3 Å². The van der Waals surface area contributed by atoms with E-state index in [1.807, 2.05) is 20.2 Å². The number of nitrogens with one attached hydrogen (secondary N) is 1. The van der Waals surface area contributed by atoms with Crippen LogP contribution in [0.2, 0.25) is 0 Å². The van der Waals surface area contributed by atoms with Crippen molar-refractivity contribution in [2.45, 2.75) is 26.3 Å². The molecule has 1 rings (SSSR count). The van der Waals surface area contributed by atoms with Gasteiger partial charge in [-0.05, 0) is 44.6 Å². The van der Waals surface area contributed by atoms with Crippen LogP contribution in [0.3, 0.4) is 0 Å². The lowest BCUT2D eigenvalue weighted by atomic mass is 10.0. The number of rotatable bonds is 7. The van der Waals surface area contributed by atoms with Crippen LogP contribution in [-0.4, -0.2) is 42.7 Å². The van der Waals surface area contributed by atoms with Gasteiger partial charge in [-0.2, -0.15) is 0 Å². The summed E-state index contributed by atoms with van der Waals surface area (Å²) in [5, 5.41) is 12.6. The molecule has 0 saturated carbocycles. The van der Waals surface area contributed by atoms with Gasteiger partial charge in [-0.15, -0.1) is 0 Å². The largest absolute Gasteiger partial charge is 0.478 e. The molecule has 1 aromatic rings. The summed E-state index contributed by atoms with van der Waals surface area (Å²) >= 11 is 3.39. The molecule has 1 unspecified atom stereocenters. The zero-order valence-corrected chi connectivity index (χ0v) is 14.1. The second kappa shape index (κ2) is 7.64. The Hall–Kier alpha value is -1.07. The third kappa shape index (κ3) is 5.51. The molecule has 0 aliphatic carbocycles. The van der Waals surface area contributed by atoms with Crippen LogP contribution in [0, 0.1) is 5.92 Å². The number of likely N-dealkylation sites (N-methyl/N-ethyl adjacent to an activating group) is 1. The Morgan fingerprint density at radius 2 is 2.05 bits per heavy atom. The van der Waals surface area contributed by atoms with Crippen LogP contribution in [-0.2, 0) is 0 Å². The molecule has 0 saturated heterocycles. The standard InChI is InChI=1S/C15H23BrN2O2/c1-10(2)7-12(9-18(3)4)17-14-8-11(16)5-6-13(14)15(19)20/h5-6,8,10,12,17H,7,9H2,1-4H3,(H,19,20). The summed E-state index contributed by atoms with van der Waals surface area (Å²) in [5.41, 5.74) is 0.972. The molecule has 0 fully saturated rings. The lowest BCUT2D eigenvalue weighted by molar-refractivity contribution is 0.0698. The summed E-state index contributed by atoms with van der Waals surface area (Å²) in [6.07, 6.45) is 0.990. The van der Waals surface area contributed by atoms with Crippen molar-refractivity contribution >= 4 is 27.6 Å². The van der Waals surface area contributed by atoms with Crippen LogP contribution in [0.5, 0.6) is 0 Å². The van der Waals surface area contributed by atoms with Crippen LogP contribution in [0.1, 0.15) is 30.6 Å². The van der Waals surface area contributed by atoms with Gasteiger partial charge >= 0.3 is 5.97 Å². The van der Waals surface area contributed by atoms with Crippen molar-refractivity contribution in [1.82, 2.24) is 4.90 Å². The van der Waals surface area contributed by atoms with Crippen molar-refractivity contribution in [3.8, 4) is 0 Å². The number of hydrogen-bond acceptors (Lipinski definition) is 3. The van der Waals surface area contributed by atoms with Gasteiger partial charge in [-0.1, -0.05) is 29.8 Å². The molecule has 0 aromatic heterocycles. The van der Waals surface area contributed by atoms with Gasteiger partial charge < -0.3 is 15.3 Å². The average Bonchev–Trinajstić information content (AvgIpc) is 2.26. The van der Waals surface area contributed by atoms with E-state index in [1.165, 1.54) is 0 Å². The summed E-state index contributed by atoms with van der Waals surface area (Å²) < 4.78 is 0.873. The molecule has 112 valence electrons. The summed E-state index contributed by atoms with van der Waals surface area (Å²) in [6.45, 7) is 5.20. The highest BCUT2D eigenvalue weighted by Crippen LogP contribution is 2.23. The van der Waals surface area contributed by atoms with Crippen LogP contribution < -0.4 is 5.32 Å². The Morgan fingerprint density at radius 3 is 2.55 bits per heavy atom. The molecule has 5 heteroatoms. The molecule has 0 heterocycles. The first-order valence-electron chi connectivity index (χ1n) is 6.73. The fourth-order valence-electron chi connectivity index (χ4n) is 2.23. The highest BCUT2D eigenvalue weighted by molar-refractivity contribution is 9.10. The first-order valence-corrected chi connectivity index (χ1v) is 7.53. The maximum absolute atomic E-state index is 11.3. The third-order valence-corrected chi connectivity index (χ3v) is 3.41. The molecule has 2 N–H and O–H groups in total. The molecule has 20 heavy (non-hydrogen) atoms. The van der Waals surface area contributed by atoms with Gasteiger partial charge in [-0.25, -0.2) is 4.79 Å². The fraction of sp³-hybridized carbons (Fsp3) is 0.533. The van der Waals surface area contributed by atoms with Crippen LogP contribution >= 0.6 is 15.9 Å². The van der Waals surface area contributed by atoms with Crippen LogP contribution in [0.15, 0.2) is 22.7 Å². The predicted octanol–water partition coefficient (Wildman–Crippen LogP) is 3.54. The second-order valence-electron chi connectivity index (χ2n) is 5.73. The molecular weight excluding hydrogens is 320 g/mol. The molecule has 1 aromatic carbocycles. The molecule has 0 bridgehead atoms. The van der Waals surface area contributed by atoms with Crippen LogP contribution in [0.25, 0.3) is 0 Å². The quantitative estimate of drug-likeness (QED) is 0.795. The SMILES string of the molecule is CC(C)CC(CN(C)C)Nc1cc(Br)ccc1C(=O)O. The Bertz CT molecular complexity index is 451. The Kier molecular flexibility index (Phi) is 6.49. The van der Waals surface area contributed by atoms with Gasteiger partial charge in [0.1, 0.15) is 0 Å². The minimum atomic E-state index is -0.909. The maximum atomic E-state index is 11.3. The van der Waals surface area contributed by atoms with E-state index in [0.717, 1.165) is 17.4 Å². The molecule has 0 spiro atoms. The molecule has 0 aliphatic heterocycles. The monoisotopic (exact) mass is 342 g/mol. The molecule has 0 aliphatic rings. The van der Waals surface area contributed by atoms with Gasteiger partial charge in [0.15, 0.2) is 0 Å². The van der Waals surface area contributed by atoms with Crippen molar-refractivity contribution in [2.75, 3.05) is 26.0 Å². The van der Waals surface area contributed by atoms with E-state index < -0.39 is 5.97 Å². The number of carboxylic acid groups (broad SMARTS) is 1. The van der Waals surface area contributed by atoms with E-state index in [0.29, 0.717) is 17.2 Å². The fourth-order valence-corrected chi connectivity index (χ4v) is 2.59. The van der Waals surface area contributed by atoms with E-state index in [1.54, 1.807) is 12.1 Å². The van der Waals surface area contributed by atoms with Crippen molar-refractivity contribution < 1.29 is 9.90 Å². The predicted molar refractivity (Wildman–Crippen MR) is 86.5 cm³/mol. The number of carbonyl (C=O) groups is 1. The topological polar surface area (TPSA) is 52.6 Å². The average molecular weight is 343 g/mol. The Morgan fingerprint density at radius 1 is 1.40 bits per heavy atom. The number of halogens is 1. The first-order chi connectivity index (χ1) is 9.29.